The summed E-state index contributed by atoms with van der Waals surface area (Å²) in [6.45, 7) is 2.13. The molecule has 1 aromatic rings. The fraction of sp³-hybridized carbons (Fsp3) is 0.364. The number of nitrogens with zero attached hydrogens (tertiary/aromatic N) is 1. The highest BCUT2D eigenvalue weighted by Crippen LogP contribution is 2.18. The average molecular weight is 246 g/mol. The van der Waals surface area contributed by atoms with Gasteiger partial charge in [-0.3, -0.25) is 4.79 Å². The van der Waals surface area contributed by atoms with Gasteiger partial charge in [0.2, 0.25) is 5.91 Å². The number of carbonyl (C=O) groups excluding carboxylic acids is 1. The van der Waals surface area contributed by atoms with E-state index in [1.54, 1.807) is 14.0 Å². The predicted molar refractivity (Wildman–Crippen MR) is 58.1 cm³/mol. The third kappa shape index (κ3) is 3.37. The first-order chi connectivity index (χ1) is 7.95. The molecule has 0 heterocycles. The van der Waals surface area contributed by atoms with Gasteiger partial charge >= 0.3 is 0 Å². The number of anilines is 1. The van der Waals surface area contributed by atoms with Crippen LogP contribution in [0, 0.1) is 17.5 Å². The molecule has 0 fully saturated rings. The van der Waals surface area contributed by atoms with Gasteiger partial charge in [0.25, 0.3) is 0 Å². The number of amides is 1. The molecule has 0 saturated carbocycles. The van der Waals surface area contributed by atoms with Crippen LogP contribution in [0.4, 0.5) is 18.9 Å². The molecule has 17 heavy (non-hydrogen) atoms. The van der Waals surface area contributed by atoms with Crippen LogP contribution in [0.2, 0.25) is 0 Å². The zero-order chi connectivity index (χ0) is 13.0. The molecule has 3 nitrogen and oxygen atoms in total. The Morgan fingerprint density at radius 1 is 1.24 bits per heavy atom. The van der Waals surface area contributed by atoms with E-state index in [9.17, 15) is 18.0 Å². The van der Waals surface area contributed by atoms with E-state index in [2.05, 4.69) is 5.32 Å². The maximum absolute atomic E-state index is 13.2. The van der Waals surface area contributed by atoms with E-state index in [4.69, 9.17) is 0 Å². The summed E-state index contributed by atoms with van der Waals surface area (Å²) < 4.78 is 38.6. The number of likely N-dealkylation sites (N-methyl/N-ethyl adjacent to an activating group) is 1. The van der Waals surface area contributed by atoms with Gasteiger partial charge in [-0.2, -0.15) is 0 Å². The third-order valence-corrected chi connectivity index (χ3v) is 2.34. The number of hydrogen-bond acceptors (Lipinski definition) is 2. The number of benzene rings is 1. The fourth-order valence-electron chi connectivity index (χ4n) is 1.14. The summed E-state index contributed by atoms with van der Waals surface area (Å²) >= 11 is 0. The Hall–Kier alpha value is -1.72. The Morgan fingerprint density at radius 3 is 2.41 bits per heavy atom. The summed E-state index contributed by atoms with van der Waals surface area (Å²) in [4.78, 5) is 12.8. The van der Waals surface area contributed by atoms with Crippen molar-refractivity contribution in [3.05, 3.63) is 29.6 Å². The Labute approximate surface area is 97.2 Å². The SMILES string of the molecule is CCN(C)C(=O)CNc1cc(F)c(F)cc1F. The van der Waals surface area contributed by atoms with Gasteiger partial charge in [-0.15, -0.1) is 0 Å². The summed E-state index contributed by atoms with van der Waals surface area (Å²) in [5.74, 6) is -3.62. The van der Waals surface area contributed by atoms with E-state index in [0.29, 0.717) is 18.7 Å². The minimum Gasteiger partial charge on any atom is -0.374 e. The minimum absolute atomic E-state index is 0.174. The van der Waals surface area contributed by atoms with Gasteiger partial charge in [0.05, 0.1) is 12.2 Å². The molecule has 0 spiro atoms. The molecule has 0 bridgehead atoms. The van der Waals surface area contributed by atoms with Crippen LogP contribution in [-0.4, -0.2) is 30.9 Å². The highest BCUT2D eigenvalue weighted by atomic mass is 19.2. The molecule has 0 aliphatic carbocycles. The van der Waals surface area contributed by atoms with Crippen molar-refractivity contribution in [3.63, 3.8) is 0 Å². The third-order valence-electron chi connectivity index (χ3n) is 2.34. The topological polar surface area (TPSA) is 32.3 Å². The summed E-state index contributed by atoms with van der Waals surface area (Å²) in [6, 6.07) is 1.12. The lowest BCUT2D eigenvalue weighted by atomic mass is 10.3. The summed E-state index contributed by atoms with van der Waals surface area (Å²) in [7, 11) is 1.59. The second-order valence-electron chi connectivity index (χ2n) is 3.51. The number of rotatable bonds is 4. The summed E-state index contributed by atoms with van der Waals surface area (Å²) in [5.41, 5.74) is -0.234. The van der Waals surface area contributed by atoms with Crippen LogP contribution in [0.3, 0.4) is 0 Å². The van der Waals surface area contributed by atoms with E-state index < -0.39 is 17.5 Å². The quantitative estimate of drug-likeness (QED) is 0.824. The van der Waals surface area contributed by atoms with Crippen LogP contribution in [0.1, 0.15) is 6.92 Å². The number of carbonyl (C=O) groups is 1. The minimum atomic E-state index is -1.26. The molecule has 0 aliphatic rings. The van der Waals surface area contributed by atoms with Crippen LogP contribution in [0.5, 0.6) is 0 Å². The van der Waals surface area contributed by atoms with Crippen molar-refractivity contribution in [2.24, 2.45) is 0 Å². The molecule has 0 atom stereocenters. The lowest BCUT2D eigenvalue weighted by Crippen LogP contribution is -2.32. The van der Waals surface area contributed by atoms with Crippen molar-refractivity contribution >= 4 is 11.6 Å². The van der Waals surface area contributed by atoms with Gasteiger partial charge in [0.1, 0.15) is 5.82 Å². The van der Waals surface area contributed by atoms with Crippen LogP contribution in [0.15, 0.2) is 12.1 Å². The zero-order valence-electron chi connectivity index (χ0n) is 9.56. The molecule has 0 radical (unpaired) electrons. The van der Waals surface area contributed by atoms with E-state index in [-0.39, 0.29) is 18.1 Å². The Balaban J connectivity index is 2.70. The smallest absolute Gasteiger partial charge is 0.241 e. The van der Waals surface area contributed by atoms with E-state index >= 15 is 0 Å². The second kappa shape index (κ2) is 5.56. The van der Waals surface area contributed by atoms with E-state index in [1.807, 2.05) is 0 Å². The molecule has 1 rings (SSSR count). The Morgan fingerprint density at radius 2 is 1.82 bits per heavy atom. The fourth-order valence-corrected chi connectivity index (χ4v) is 1.14. The maximum Gasteiger partial charge on any atom is 0.241 e. The molecule has 0 saturated heterocycles. The molecule has 6 heteroatoms. The number of halogens is 3. The van der Waals surface area contributed by atoms with Gasteiger partial charge in [0.15, 0.2) is 11.6 Å². The molecular weight excluding hydrogens is 233 g/mol. The van der Waals surface area contributed by atoms with Gasteiger partial charge in [0, 0.05) is 25.7 Å². The van der Waals surface area contributed by atoms with Crippen LogP contribution >= 0.6 is 0 Å². The van der Waals surface area contributed by atoms with Crippen molar-refractivity contribution < 1.29 is 18.0 Å². The number of nitrogens with one attached hydrogen (secondary N) is 1. The molecule has 0 aromatic heterocycles. The largest absolute Gasteiger partial charge is 0.374 e. The van der Waals surface area contributed by atoms with E-state index in [0.717, 1.165) is 0 Å². The molecule has 94 valence electrons. The molecule has 0 unspecified atom stereocenters. The summed E-state index contributed by atoms with van der Waals surface area (Å²) in [6.07, 6.45) is 0. The average Bonchev–Trinajstić information content (AvgIpc) is 2.30. The van der Waals surface area contributed by atoms with Crippen molar-refractivity contribution in [2.75, 3.05) is 25.5 Å². The van der Waals surface area contributed by atoms with Crippen molar-refractivity contribution in [3.8, 4) is 0 Å². The standard InChI is InChI=1S/C11H13F3N2O/c1-3-16(2)11(17)6-15-10-5-8(13)7(12)4-9(10)14/h4-5,15H,3,6H2,1-2H3. The highest BCUT2D eigenvalue weighted by Gasteiger charge is 2.11. The Kier molecular flexibility index (Phi) is 4.37. The molecular formula is C11H13F3N2O. The van der Waals surface area contributed by atoms with Crippen LogP contribution in [0.25, 0.3) is 0 Å². The second-order valence-corrected chi connectivity index (χ2v) is 3.51. The van der Waals surface area contributed by atoms with Crippen molar-refractivity contribution in [1.82, 2.24) is 4.90 Å². The van der Waals surface area contributed by atoms with Crippen molar-refractivity contribution in [1.29, 1.82) is 0 Å². The lowest BCUT2D eigenvalue weighted by Gasteiger charge is -2.15. The van der Waals surface area contributed by atoms with Crippen LogP contribution < -0.4 is 5.32 Å². The molecule has 1 amide bonds. The zero-order valence-corrected chi connectivity index (χ0v) is 9.56. The van der Waals surface area contributed by atoms with Crippen molar-refractivity contribution in [2.45, 2.75) is 6.92 Å². The highest BCUT2D eigenvalue weighted by molar-refractivity contribution is 5.80. The molecule has 0 aliphatic heterocycles. The van der Waals surface area contributed by atoms with Crippen LogP contribution in [-0.2, 0) is 4.79 Å². The first kappa shape index (κ1) is 13.3. The monoisotopic (exact) mass is 246 g/mol. The Bertz CT molecular complexity index is 423. The number of hydrogen-bond donors (Lipinski definition) is 1. The van der Waals surface area contributed by atoms with Gasteiger partial charge < -0.3 is 10.2 Å². The first-order valence-electron chi connectivity index (χ1n) is 5.08. The lowest BCUT2D eigenvalue weighted by molar-refractivity contribution is -0.127. The maximum atomic E-state index is 13.2. The predicted octanol–water partition coefficient (Wildman–Crippen LogP) is 1.99. The van der Waals surface area contributed by atoms with Gasteiger partial charge in [-0.1, -0.05) is 0 Å². The summed E-state index contributed by atoms with van der Waals surface area (Å²) in [5, 5.41) is 2.42. The van der Waals surface area contributed by atoms with Gasteiger partial charge in [-0.25, -0.2) is 13.2 Å². The first-order valence-corrected chi connectivity index (χ1v) is 5.08. The van der Waals surface area contributed by atoms with E-state index in [1.165, 1.54) is 4.90 Å². The molecule has 1 N–H and O–H groups in total. The van der Waals surface area contributed by atoms with Gasteiger partial charge in [-0.05, 0) is 6.92 Å². The molecule has 1 aromatic carbocycles. The normalized spacial score (nSPS) is 10.2.